The molecule has 1 aromatic rings. The second-order valence-corrected chi connectivity index (χ2v) is 9.42. The van der Waals surface area contributed by atoms with Crippen molar-refractivity contribution in [1.29, 1.82) is 0 Å². The van der Waals surface area contributed by atoms with Gasteiger partial charge in [0.15, 0.2) is 6.61 Å². The van der Waals surface area contributed by atoms with E-state index in [0.29, 0.717) is 26.1 Å². The molecule has 5 nitrogen and oxygen atoms in total. The third-order valence-electron chi connectivity index (χ3n) is 4.65. The van der Waals surface area contributed by atoms with E-state index in [1.807, 2.05) is 45.9 Å². The average Bonchev–Trinajstić information content (AvgIpc) is 3.11. The highest BCUT2D eigenvalue weighted by molar-refractivity contribution is 8.77. The molecule has 142 valence electrons. The average molecular weight is 395 g/mol. The molecule has 0 spiro atoms. The summed E-state index contributed by atoms with van der Waals surface area (Å²) in [5, 5.41) is 3.72. The second kappa shape index (κ2) is 10.1. The lowest BCUT2D eigenvalue weighted by Crippen LogP contribution is -2.39. The van der Waals surface area contributed by atoms with E-state index in [2.05, 4.69) is 5.32 Å². The smallest absolute Gasteiger partial charge is 0.260 e. The van der Waals surface area contributed by atoms with Gasteiger partial charge in [0.25, 0.3) is 5.91 Å². The number of rotatable bonds is 8. The normalized spacial score (nSPS) is 19.6. The highest BCUT2D eigenvalue weighted by Gasteiger charge is 2.21. The number of nitrogens with one attached hydrogen (secondary N) is 1. The lowest BCUT2D eigenvalue weighted by atomic mass is 10.1. The van der Waals surface area contributed by atoms with E-state index in [1.165, 1.54) is 18.6 Å². The van der Waals surface area contributed by atoms with Gasteiger partial charge in [-0.1, -0.05) is 46.2 Å². The van der Waals surface area contributed by atoms with Gasteiger partial charge in [-0.2, -0.15) is 0 Å². The van der Waals surface area contributed by atoms with Crippen molar-refractivity contribution in [3.63, 3.8) is 0 Å². The molecule has 2 heterocycles. The zero-order valence-corrected chi connectivity index (χ0v) is 16.6. The molecule has 2 aliphatic heterocycles. The third kappa shape index (κ3) is 5.84. The number of carbonyl (C=O) groups excluding carboxylic acids is 2. The van der Waals surface area contributed by atoms with Crippen LogP contribution in [-0.4, -0.2) is 47.4 Å². The summed E-state index contributed by atoms with van der Waals surface area (Å²) < 4.78 is 5.54. The molecule has 0 radical (unpaired) electrons. The summed E-state index contributed by atoms with van der Waals surface area (Å²) in [6, 6.07) is 7.71. The van der Waals surface area contributed by atoms with Crippen molar-refractivity contribution >= 4 is 33.4 Å². The number of fused-ring (bicyclic) bond motifs is 1. The Hall–Kier alpha value is -1.34. The van der Waals surface area contributed by atoms with E-state index < -0.39 is 0 Å². The molecule has 26 heavy (non-hydrogen) atoms. The van der Waals surface area contributed by atoms with Crippen molar-refractivity contribution in [3.8, 4) is 5.75 Å². The molecule has 1 unspecified atom stereocenters. The second-order valence-electron chi connectivity index (χ2n) is 6.64. The van der Waals surface area contributed by atoms with Crippen LogP contribution in [0.5, 0.6) is 5.75 Å². The molecule has 1 N–H and O–H groups in total. The number of hydrogen-bond acceptors (Lipinski definition) is 5. The molecule has 1 aromatic carbocycles. The van der Waals surface area contributed by atoms with E-state index in [1.54, 1.807) is 4.90 Å². The van der Waals surface area contributed by atoms with Gasteiger partial charge in [0.05, 0.1) is 0 Å². The number of benzene rings is 1. The Labute approximate surface area is 163 Å². The predicted molar refractivity (Wildman–Crippen MR) is 107 cm³/mol. The number of carbonyl (C=O) groups is 2. The standard InChI is InChI=1S/C19H26N2O3S2/c22-18(8-4-2-6-16-9-12-25-26-16)20-10-11-21-13-15-5-1-3-7-17(15)24-14-19(21)23/h1,3,5,7,16H,2,4,6,8-14H2,(H,20,22). The van der Waals surface area contributed by atoms with Crippen molar-refractivity contribution in [3.05, 3.63) is 29.8 Å². The zero-order valence-electron chi connectivity index (χ0n) is 14.9. The van der Waals surface area contributed by atoms with E-state index in [-0.39, 0.29) is 18.4 Å². The maximum atomic E-state index is 12.2. The molecule has 2 amide bonds. The minimum absolute atomic E-state index is 0.0395. The van der Waals surface area contributed by atoms with Crippen LogP contribution in [0.25, 0.3) is 0 Å². The number of unbranched alkanes of at least 4 members (excludes halogenated alkanes) is 1. The van der Waals surface area contributed by atoms with E-state index in [9.17, 15) is 9.59 Å². The van der Waals surface area contributed by atoms with Crippen molar-refractivity contribution in [2.24, 2.45) is 0 Å². The molecule has 0 saturated carbocycles. The monoisotopic (exact) mass is 394 g/mol. The SMILES string of the molecule is O=C(CCCCC1CCSS1)NCCN1Cc2ccccc2OCC1=O. The largest absolute Gasteiger partial charge is 0.483 e. The highest BCUT2D eigenvalue weighted by atomic mass is 33.1. The minimum atomic E-state index is -0.0395. The number of ether oxygens (including phenoxy) is 1. The molecule has 2 aliphatic rings. The van der Waals surface area contributed by atoms with Crippen molar-refractivity contribution < 1.29 is 14.3 Å². The van der Waals surface area contributed by atoms with Crippen molar-refractivity contribution in [2.75, 3.05) is 25.4 Å². The quantitative estimate of drug-likeness (QED) is 0.542. The summed E-state index contributed by atoms with van der Waals surface area (Å²) >= 11 is 0. The first-order valence-electron chi connectivity index (χ1n) is 9.26. The number of amides is 2. The molecule has 1 atom stereocenters. The Morgan fingerprint density at radius 3 is 3.04 bits per heavy atom. The molecule has 1 fully saturated rings. The van der Waals surface area contributed by atoms with Crippen LogP contribution >= 0.6 is 21.6 Å². The third-order valence-corrected chi connectivity index (χ3v) is 7.66. The topological polar surface area (TPSA) is 58.6 Å². The fraction of sp³-hybridized carbons (Fsp3) is 0.579. The Morgan fingerprint density at radius 1 is 1.31 bits per heavy atom. The first kappa shape index (κ1) is 19.4. The zero-order chi connectivity index (χ0) is 18.2. The van der Waals surface area contributed by atoms with Crippen molar-refractivity contribution in [2.45, 2.75) is 43.9 Å². The molecule has 7 heteroatoms. The summed E-state index contributed by atoms with van der Waals surface area (Å²) in [7, 11) is 3.96. The maximum Gasteiger partial charge on any atom is 0.260 e. The fourth-order valence-electron chi connectivity index (χ4n) is 3.14. The van der Waals surface area contributed by atoms with Crippen LogP contribution in [0.1, 0.15) is 37.7 Å². The van der Waals surface area contributed by atoms with E-state index in [4.69, 9.17) is 4.74 Å². The van der Waals surface area contributed by atoms with Gasteiger partial charge in [-0.05, 0) is 25.3 Å². The fourth-order valence-corrected chi connectivity index (χ4v) is 6.17. The van der Waals surface area contributed by atoms with Crippen LogP contribution in [0, 0.1) is 0 Å². The molecule has 1 saturated heterocycles. The molecular formula is C19H26N2O3S2. The highest BCUT2D eigenvalue weighted by Crippen LogP contribution is 2.39. The Kier molecular flexibility index (Phi) is 7.55. The summed E-state index contributed by atoms with van der Waals surface area (Å²) in [5.41, 5.74) is 1.01. The van der Waals surface area contributed by atoms with Gasteiger partial charge in [-0.15, -0.1) is 0 Å². The van der Waals surface area contributed by atoms with Crippen molar-refractivity contribution in [1.82, 2.24) is 10.2 Å². The van der Waals surface area contributed by atoms with E-state index >= 15 is 0 Å². The lowest BCUT2D eigenvalue weighted by molar-refractivity contribution is -0.133. The Morgan fingerprint density at radius 2 is 2.19 bits per heavy atom. The summed E-state index contributed by atoms with van der Waals surface area (Å²) in [6.07, 6.45) is 5.15. The summed E-state index contributed by atoms with van der Waals surface area (Å²) in [5.74, 6) is 2.08. The van der Waals surface area contributed by atoms with Gasteiger partial charge >= 0.3 is 0 Å². The van der Waals surface area contributed by atoms with Crippen LogP contribution in [-0.2, 0) is 16.1 Å². The van der Waals surface area contributed by atoms with Crippen LogP contribution in [0.2, 0.25) is 0 Å². The van der Waals surface area contributed by atoms with Crippen LogP contribution < -0.4 is 10.1 Å². The Balaban J connectivity index is 1.33. The first-order valence-corrected chi connectivity index (χ1v) is 11.6. The predicted octanol–water partition coefficient (Wildman–Crippen LogP) is 3.24. The Bertz CT molecular complexity index is 621. The van der Waals surface area contributed by atoms with Crippen LogP contribution in [0.4, 0.5) is 0 Å². The summed E-state index contributed by atoms with van der Waals surface area (Å²) in [4.78, 5) is 25.9. The van der Waals surface area contributed by atoms with Gasteiger partial charge in [0.2, 0.25) is 5.91 Å². The van der Waals surface area contributed by atoms with Gasteiger partial charge < -0.3 is 15.0 Å². The first-order chi connectivity index (χ1) is 12.7. The molecular weight excluding hydrogens is 368 g/mol. The minimum Gasteiger partial charge on any atom is -0.483 e. The van der Waals surface area contributed by atoms with Crippen LogP contribution in [0.3, 0.4) is 0 Å². The van der Waals surface area contributed by atoms with Gasteiger partial charge in [-0.3, -0.25) is 9.59 Å². The maximum absolute atomic E-state index is 12.2. The number of nitrogens with zero attached hydrogens (tertiary/aromatic N) is 1. The molecule has 3 rings (SSSR count). The van der Waals surface area contributed by atoms with Crippen LogP contribution in [0.15, 0.2) is 24.3 Å². The summed E-state index contributed by atoms with van der Waals surface area (Å²) in [6.45, 7) is 1.59. The molecule has 0 bridgehead atoms. The number of para-hydroxylation sites is 1. The van der Waals surface area contributed by atoms with Gasteiger partial charge in [-0.25, -0.2) is 0 Å². The van der Waals surface area contributed by atoms with E-state index in [0.717, 1.165) is 29.4 Å². The molecule has 0 aromatic heterocycles. The molecule has 0 aliphatic carbocycles. The van der Waals surface area contributed by atoms with Gasteiger partial charge in [0.1, 0.15) is 5.75 Å². The lowest BCUT2D eigenvalue weighted by Gasteiger charge is -2.20. The number of hydrogen-bond donors (Lipinski definition) is 1. The van der Waals surface area contributed by atoms with Gasteiger partial charge in [0, 0.05) is 42.6 Å².